The van der Waals surface area contributed by atoms with Gasteiger partial charge >= 0.3 is 0 Å². The smallest absolute Gasteiger partial charge is 0.267 e. The number of hydrogen-bond donors (Lipinski definition) is 0. The largest absolute Gasteiger partial charge is 0.496 e. The predicted molar refractivity (Wildman–Crippen MR) is 85.9 cm³/mol. The van der Waals surface area contributed by atoms with E-state index >= 15 is 0 Å². The van der Waals surface area contributed by atoms with Crippen molar-refractivity contribution in [2.45, 2.75) is 6.54 Å². The van der Waals surface area contributed by atoms with Crippen LogP contribution in [0.2, 0.25) is 0 Å². The molecule has 0 radical (unpaired) electrons. The molecular weight excluding hydrogens is 314 g/mol. The maximum absolute atomic E-state index is 13.3. The molecule has 3 rings (SSSR count). The van der Waals surface area contributed by atoms with E-state index in [9.17, 15) is 13.6 Å². The minimum atomic E-state index is -0.421. The molecule has 0 aliphatic carbocycles. The van der Waals surface area contributed by atoms with Crippen molar-refractivity contribution in [3.05, 3.63) is 82.1 Å². The highest BCUT2D eigenvalue weighted by Gasteiger charge is 2.10. The maximum Gasteiger partial charge on any atom is 0.267 e. The lowest BCUT2D eigenvalue weighted by atomic mass is 10.1. The van der Waals surface area contributed by atoms with Gasteiger partial charge in [-0.1, -0.05) is 12.1 Å². The van der Waals surface area contributed by atoms with E-state index in [2.05, 4.69) is 5.10 Å². The van der Waals surface area contributed by atoms with Crippen LogP contribution >= 0.6 is 0 Å². The van der Waals surface area contributed by atoms with Crippen molar-refractivity contribution < 1.29 is 13.5 Å². The fraction of sp³-hybridized carbons (Fsp3) is 0.111. The molecule has 0 fully saturated rings. The molecule has 0 unspecified atom stereocenters. The first kappa shape index (κ1) is 15.9. The van der Waals surface area contributed by atoms with E-state index < -0.39 is 5.82 Å². The van der Waals surface area contributed by atoms with Crippen molar-refractivity contribution in [3.8, 4) is 17.0 Å². The van der Waals surface area contributed by atoms with Crippen LogP contribution in [-0.2, 0) is 6.54 Å². The normalized spacial score (nSPS) is 10.6. The first-order valence-corrected chi connectivity index (χ1v) is 7.23. The molecule has 4 nitrogen and oxygen atoms in total. The van der Waals surface area contributed by atoms with Gasteiger partial charge in [-0.3, -0.25) is 4.79 Å². The van der Waals surface area contributed by atoms with Gasteiger partial charge in [0.1, 0.15) is 17.4 Å². The quantitative estimate of drug-likeness (QED) is 0.738. The van der Waals surface area contributed by atoms with E-state index in [0.717, 1.165) is 5.56 Å². The number of aromatic nitrogens is 2. The first-order valence-electron chi connectivity index (χ1n) is 7.23. The zero-order valence-corrected chi connectivity index (χ0v) is 12.9. The SMILES string of the molecule is COc1cc(F)ccc1-c1ccc(=O)n(Cc2ccc(F)cc2)n1. The van der Waals surface area contributed by atoms with Gasteiger partial charge in [-0.05, 0) is 35.9 Å². The van der Waals surface area contributed by atoms with Crippen LogP contribution in [0.5, 0.6) is 5.75 Å². The third kappa shape index (κ3) is 3.32. The Balaban J connectivity index is 2.00. The molecule has 0 saturated heterocycles. The zero-order valence-electron chi connectivity index (χ0n) is 12.9. The molecule has 3 aromatic rings. The lowest BCUT2D eigenvalue weighted by Crippen LogP contribution is -2.22. The zero-order chi connectivity index (χ0) is 17.1. The van der Waals surface area contributed by atoms with Gasteiger partial charge in [-0.25, -0.2) is 13.5 Å². The summed E-state index contributed by atoms with van der Waals surface area (Å²) in [6.45, 7) is 0.205. The van der Waals surface area contributed by atoms with Gasteiger partial charge in [0.15, 0.2) is 0 Å². The fourth-order valence-corrected chi connectivity index (χ4v) is 2.35. The molecule has 0 spiro atoms. The van der Waals surface area contributed by atoms with Crippen molar-refractivity contribution >= 4 is 0 Å². The third-order valence-electron chi connectivity index (χ3n) is 3.55. The number of nitrogens with zero attached hydrogens (tertiary/aromatic N) is 2. The highest BCUT2D eigenvalue weighted by Crippen LogP contribution is 2.28. The summed E-state index contributed by atoms with van der Waals surface area (Å²) in [6.07, 6.45) is 0. The van der Waals surface area contributed by atoms with Crippen LogP contribution in [-0.4, -0.2) is 16.9 Å². The number of benzene rings is 2. The van der Waals surface area contributed by atoms with Crippen LogP contribution in [0.3, 0.4) is 0 Å². The predicted octanol–water partition coefficient (Wildman–Crippen LogP) is 3.25. The molecule has 0 aliphatic heterocycles. The first-order chi connectivity index (χ1) is 11.6. The van der Waals surface area contributed by atoms with Gasteiger partial charge in [-0.2, -0.15) is 5.10 Å². The van der Waals surface area contributed by atoms with E-state index in [4.69, 9.17) is 4.74 Å². The Morgan fingerprint density at radius 3 is 2.42 bits per heavy atom. The van der Waals surface area contributed by atoms with E-state index in [0.29, 0.717) is 17.0 Å². The summed E-state index contributed by atoms with van der Waals surface area (Å²) in [6, 6.07) is 12.9. The molecular formula is C18H14F2N2O2. The molecule has 0 amide bonds. The summed E-state index contributed by atoms with van der Waals surface area (Å²) in [5.74, 6) is -0.437. The van der Waals surface area contributed by atoms with Crippen molar-refractivity contribution in [2.24, 2.45) is 0 Å². The molecule has 0 atom stereocenters. The van der Waals surface area contributed by atoms with E-state index in [-0.39, 0.29) is 17.9 Å². The molecule has 0 N–H and O–H groups in total. The minimum Gasteiger partial charge on any atom is -0.496 e. The molecule has 2 aromatic carbocycles. The van der Waals surface area contributed by atoms with E-state index in [1.165, 1.54) is 42.1 Å². The summed E-state index contributed by atoms with van der Waals surface area (Å²) in [7, 11) is 1.44. The molecule has 6 heteroatoms. The second-order valence-corrected chi connectivity index (χ2v) is 5.19. The standard InChI is InChI=1S/C18H14F2N2O2/c1-24-17-10-14(20)6-7-15(17)16-8-9-18(23)22(21-16)11-12-2-4-13(19)5-3-12/h2-10H,11H2,1H3. The van der Waals surface area contributed by atoms with Gasteiger partial charge in [-0.15, -0.1) is 0 Å². The molecule has 122 valence electrons. The van der Waals surface area contributed by atoms with Gasteiger partial charge in [0.05, 0.1) is 19.3 Å². The van der Waals surface area contributed by atoms with E-state index in [1.807, 2.05) is 0 Å². The summed E-state index contributed by atoms with van der Waals surface area (Å²) in [5, 5.41) is 4.31. The molecule has 1 aromatic heterocycles. The van der Waals surface area contributed by atoms with E-state index in [1.54, 1.807) is 24.3 Å². The van der Waals surface area contributed by atoms with Crippen LogP contribution in [0.25, 0.3) is 11.3 Å². The second-order valence-electron chi connectivity index (χ2n) is 5.19. The van der Waals surface area contributed by atoms with Crippen molar-refractivity contribution in [3.63, 3.8) is 0 Å². The lowest BCUT2D eigenvalue weighted by Gasteiger charge is -2.10. The monoisotopic (exact) mass is 328 g/mol. The highest BCUT2D eigenvalue weighted by atomic mass is 19.1. The Bertz CT molecular complexity index is 921. The number of rotatable bonds is 4. The van der Waals surface area contributed by atoms with Gasteiger partial charge in [0.25, 0.3) is 5.56 Å². The molecule has 0 bridgehead atoms. The highest BCUT2D eigenvalue weighted by molar-refractivity contribution is 5.66. The van der Waals surface area contributed by atoms with Crippen LogP contribution in [0.4, 0.5) is 8.78 Å². The Morgan fingerprint density at radius 1 is 1.00 bits per heavy atom. The summed E-state index contributed by atoms with van der Waals surface area (Å²) < 4.78 is 32.7. The van der Waals surface area contributed by atoms with Crippen molar-refractivity contribution in [1.82, 2.24) is 9.78 Å². The van der Waals surface area contributed by atoms with Crippen molar-refractivity contribution in [2.75, 3.05) is 7.11 Å². The fourth-order valence-electron chi connectivity index (χ4n) is 2.35. The average Bonchev–Trinajstić information content (AvgIpc) is 2.59. The van der Waals surface area contributed by atoms with Crippen LogP contribution < -0.4 is 10.3 Å². The van der Waals surface area contributed by atoms with Crippen LogP contribution in [0.1, 0.15) is 5.56 Å². The summed E-state index contributed by atoms with van der Waals surface area (Å²) >= 11 is 0. The van der Waals surface area contributed by atoms with Gasteiger partial charge in [0.2, 0.25) is 0 Å². The second kappa shape index (κ2) is 6.62. The topological polar surface area (TPSA) is 44.1 Å². The summed E-state index contributed by atoms with van der Waals surface area (Å²) in [5.41, 5.74) is 1.51. The minimum absolute atomic E-state index is 0.205. The van der Waals surface area contributed by atoms with Crippen molar-refractivity contribution in [1.29, 1.82) is 0 Å². The average molecular weight is 328 g/mol. The third-order valence-corrected chi connectivity index (χ3v) is 3.55. The van der Waals surface area contributed by atoms with Gasteiger partial charge in [0, 0.05) is 17.7 Å². The lowest BCUT2D eigenvalue weighted by molar-refractivity contribution is 0.412. The van der Waals surface area contributed by atoms with Crippen LogP contribution in [0.15, 0.2) is 59.4 Å². The Morgan fingerprint density at radius 2 is 1.71 bits per heavy atom. The molecule has 24 heavy (non-hydrogen) atoms. The molecule has 0 aliphatic rings. The van der Waals surface area contributed by atoms with Gasteiger partial charge < -0.3 is 4.74 Å². The Hall–Kier alpha value is -3.02. The molecule has 0 saturated carbocycles. The summed E-state index contributed by atoms with van der Waals surface area (Å²) in [4.78, 5) is 12.0. The number of methoxy groups -OCH3 is 1. The Kier molecular flexibility index (Phi) is 4.37. The van der Waals surface area contributed by atoms with Crippen LogP contribution in [0, 0.1) is 11.6 Å². The number of ether oxygens (including phenoxy) is 1. The number of hydrogen-bond acceptors (Lipinski definition) is 3. The molecule has 1 heterocycles. The maximum atomic E-state index is 13.3. The Labute approximate surface area is 136 Å². The number of halogens is 2.